The van der Waals surface area contributed by atoms with Crippen LogP contribution >= 0.6 is 24.8 Å². The molecule has 1 aromatic rings. The Morgan fingerprint density at radius 3 is 2.43 bits per heavy atom. The minimum Gasteiger partial charge on any atom is -0.326 e. The Kier molecular flexibility index (Phi) is 10.9. The highest BCUT2D eigenvalue weighted by molar-refractivity contribution is 5.88. The van der Waals surface area contributed by atoms with Crippen LogP contribution in [0.25, 0.3) is 0 Å². The molecule has 1 fully saturated rings. The number of hydrogen-bond donors (Lipinski definition) is 2. The van der Waals surface area contributed by atoms with E-state index in [-0.39, 0.29) is 30.7 Å². The highest BCUT2D eigenvalue weighted by Gasteiger charge is 2.21. The van der Waals surface area contributed by atoms with E-state index in [1.807, 2.05) is 18.2 Å². The smallest absolute Gasteiger partial charge is 0.221 e. The second-order valence-corrected chi connectivity index (χ2v) is 5.47. The molecule has 23 heavy (non-hydrogen) atoms. The zero-order chi connectivity index (χ0) is 15.1. The molecule has 0 aliphatic carbocycles. The molecule has 130 valence electrons. The van der Waals surface area contributed by atoms with Gasteiger partial charge in [0.1, 0.15) is 0 Å². The highest BCUT2D eigenvalue weighted by Crippen LogP contribution is 2.27. The van der Waals surface area contributed by atoms with Crippen LogP contribution in [0.3, 0.4) is 0 Å². The lowest BCUT2D eigenvalue weighted by Gasteiger charge is -2.35. The lowest BCUT2D eigenvalue weighted by atomic mass is 9.99. The first-order chi connectivity index (χ1) is 10.2. The Bertz CT molecular complexity index is 473. The molecule has 6 heteroatoms. The molecule has 0 radical (unpaired) electrons. The second kappa shape index (κ2) is 11.5. The third-order valence-corrected chi connectivity index (χ3v) is 3.85. The number of rotatable bonds is 6. The summed E-state index contributed by atoms with van der Waals surface area (Å²) in [5, 5.41) is 6.21. The number of piperazine rings is 1. The average molecular weight is 360 g/mol. The standard InChI is InChI=1S/C17H25N3O.2ClH/c1-3-4-5-17(20-12-10-18-11-13-20)15-6-8-16(9-7-15)19-14(2)21;;/h3,6-9,17-18H,1,4-5,10-13H2,2H3,(H,19,21);2*1H/t17-;;/m1../s1. The molecule has 1 aromatic carbocycles. The van der Waals surface area contributed by atoms with Gasteiger partial charge in [0.15, 0.2) is 0 Å². The van der Waals surface area contributed by atoms with Crippen molar-refractivity contribution in [3.63, 3.8) is 0 Å². The number of nitrogens with zero attached hydrogens (tertiary/aromatic N) is 1. The summed E-state index contributed by atoms with van der Waals surface area (Å²) in [6, 6.07) is 8.65. The molecular formula is C17H27Cl2N3O. The van der Waals surface area contributed by atoms with Gasteiger partial charge in [-0.2, -0.15) is 0 Å². The predicted molar refractivity (Wildman–Crippen MR) is 102 cm³/mol. The molecule has 0 bridgehead atoms. The number of halogens is 2. The lowest BCUT2D eigenvalue weighted by Crippen LogP contribution is -2.45. The summed E-state index contributed by atoms with van der Waals surface area (Å²) in [6.45, 7) is 9.63. The van der Waals surface area contributed by atoms with E-state index in [4.69, 9.17) is 0 Å². The third-order valence-electron chi connectivity index (χ3n) is 3.85. The van der Waals surface area contributed by atoms with Crippen molar-refractivity contribution in [2.75, 3.05) is 31.5 Å². The number of anilines is 1. The van der Waals surface area contributed by atoms with Crippen molar-refractivity contribution in [2.24, 2.45) is 0 Å². The Labute approximate surface area is 151 Å². The number of carbonyl (C=O) groups is 1. The first-order valence-electron chi connectivity index (χ1n) is 7.64. The van der Waals surface area contributed by atoms with E-state index in [0.29, 0.717) is 6.04 Å². The van der Waals surface area contributed by atoms with Gasteiger partial charge in [0.05, 0.1) is 0 Å². The summed E-state index contributed by atoms with van der Waals surface area (Å²) in [6.07, 6.45) is 4.09. The van der Waals surface area contributed by atoms with Crippen LogP contribution in [0.15, 0.2) is 36.9 Å². The zero-order valence-corrected chi connectivity index (χ0v) is 15.2. The van der Waals surface area contributed by atoms with Crippen LogP contribution in [0.5, 0.6) is 0 Å². The van der Waals surface area contributed by atoms with Crippen molar-refractivity contribution in [1.29, 1.82) is 0 Å². The summed E-state index contributed by atoms with van der Waals surface area (Å²) in [5.41, 5.74) is 2.17. The van der Waals surface area contributed by atoms with Crippen molar-refractivity contribution in [3.05, 3.63) is 42.5 Å². The van der Waals surface area contributed by atoms with E-state index in [0.717, 1.165) is 44.7 Å². The van der Waals surface area contributed by atoms with Crippen molar-refractivity contribution >= 4 is 36.4 Å². The monoisotopic (exact) mass is 359 g/mol. The Hall–Kier alpha value is -1.07. The SMILES string of the molecule is C=CCC[C@H](c1ccc(NC(C)=O)cc1)N1CCNCC1.Cl.Cl. The summed E-state index contributed by atoms with van der Waals surface area (Å²) in [4.78, 5) is 13.6. The number of nitrogens with one attached hydrogen (secondary N) is 2. The molecule has 1 aliphatic rings. The second-order valence-electron chi connectivity index (χ2n) is 5.47. The van der Waals surface area contributed by atoms with Crippen LogP contribution in [-0.2, 0) is 4.79 Å². The first-order valence-corrected chi connectivity index (χ1v) is 7.64. The fourth-order valence-corrected chi connectivity index (χ4v) is 2.82. The summed E-state index contributed by atoms with van der Waals surface area (Å²) in [5.74, 6) is -0.0342. The minimum atomic E-state index is -0.0342. The minimum absolute atomic E-state index is 0. The maximum absolute atomic E-state index is 11.1. The number of carbonyl (C=O) groups excluding carboxylic acids is 1. The maximum Gasteiger partial charge on any atom is 0.221 e. The van der Waals surface area contributed by atoms with Gasteiger partial charge in [0.2, 0.25) is 5.91 Å². The topological polar surface area (TPSA) is 44.4 Å². The van der Waals surface area contributed by atoms with Gasteiger partial charge in [-0.15, -0.1) is 31.4 Å². The predicted octanol–water partition coefficient (Wildman–Crippen LogP) is 3.40. The average Bonchev–Trinajstić information content (AvgIpc) is 2.50. The molecule has 2 N–H and O–H groups in total. The molecule has 1 atom stereocenters. The summed E-state index contributed by atoms with van der Waals surface area (Å²) in [7, 11) is 0. The van der Waals surface area contributed by atoms with Crippen LogP contribution in [0.2, 0.25) is 0 Å². The summed E-state index contributed by atoms with van der Waals surface area (Å²) >= 11 is 0. The number of hydrogen-bond acceptors (Lipinski definition) is 3. The molecule has 2 rings (SSSR count). The largest absolute Gasteiger partial charge is 0.326 e. The Morgan fingerprint density at radius 2 is 1.91 bits per heavy atom. The molecule has 1 amide bonds. The zero-order valence-electron chi connectivity index (χ0n) is 13.6. The molecule has 4 nitrogen and oxygen atoms in total. The molecule has 0 saturated carbocycles. The van der Waals surface area contributed by atoms with E-state index >= 15 is 0 Å². The van der Waals surface area contributed by atoms with E-state index in [9.17, 15) is 4.79 Å². The molecule has 1 saturated heterocycles. The van der Waals surface area contributed by atoms with E-state index in [2.05, 4.69) is 34.2 Å². The van der Waals surface area contributed by atoms with Crippen molar-refractivity contribution in [2.45, 2.75) is 25.8 Å². The van der Waals surface area contributed by atoms with Gasteiger partial charge in [-0.3, -0.25) is 9.69 Å². The number of benzene rings is 1. The molecule has 1 heterocycles. The van der Waals surface area contributed by atoms with Gasteiger partial charge in [-0.1, -0.05) is 18.2 Å². The Balaban J connectivity index is 0.00000242. The molecule has 0 spiro atoms. The number of allylic oxidation sites excluding steroid dienone is 1. The first kappa shape index (κ1) is 21.9. The van der Waals surface area contributed by atoms with Gasteiger partial charge in [-0.05, 0) is 30.5 Å². The normalized spacial score (nSPS) is 15.7. The van der Waals surface area contributed by atoms with Gasteiger partial charge in [0.25, 0.3) is 0 Å². The van der Waals surface area contributed by atoms with Crippen LogP contribution in [0, 0.1) is 0 Å². The lowest BCUT2D eigenvalue weighted by molar-refractivity contribution is -0.114. The van der Waals surface area contributed by atoms with E-state index < -0.39 is 0 Å². The molecule has 0 aromatic heterocycles. The summed E-state index contributed by atoms with van der Waals surface area (Å²) < 4.78 is 0. The van der Waals surface area contributed by atoms with Crippen LogP contribution in [-0.4, -0.2) is 37.0 Å². The van der Waals surface area contributed by atoms with Gasteiger partial charge in [0, 0.05) is 44.8 Å². The van der Waals surface area contributed by atoms with Crippen LogP contribution in [0.1, 0.15) is 31.4 Å². The fraction of sp³-hybridized carbons (Fsp3) is 0.471. The third kappa shape index (κ3) is 6.92. The van der Waals surface area contributed by atoms with Crippen molar-refractivity contribution < 1.29 is 4.79 Å². The van der Waals surface area contributed by atoms with E-state index in [1.165, 1.54) is 12.5 Å². The van der Waals surface area contributed by atoms with E-state index in [1.54, 1.807) is 0 Å². The molecule has 0 unspecified atom stereocenters. The molecule has 1 aliphatic heterocycles. The quantitative estimate of drug-likeness (QED) is 0.765. The van der Waals surface area contributed by atoms with Crippen LogP contribution < -0.4 is 10.6 Å². The number of amides is 1. The van der Waals surface area contributed by atoms with Gasteiger partial charge >= 0.3 is 0 Å². The maximum atomic E-state index is 11.1. The van der Waals surface area contributed by atoms with Crippen LogP contribution in [0.4, 0.5) is 5.69 Å². The van der Waals surface area contributed by atoms with Crippen molar-refractivity contribution in [1.82, 2.24) is 10.2 Å². The van der Waals surface area contributed by atoms with Gasteiger partial charge in [-0.25, -0.2) is 0 Å². The highest BCUT2D eigenvalue weighted by atomic mass is 35.5. The van der Waals surface area contributed by atoms with Gasteiger partial charge < -0.3 is 10.6 Å². The Morgan fingerprint density at radius 1 is 1.30 bits per heavy atom. The van der Waals surface area contributed by atoms with Crippen molar-refractivity contribution in [3.8, 4) is 0 Å². The fourth-order valence-electron chi connectivity index (χ4n) is 2.82. The molecular weight excluding hydrogens is 333 g/mol.